The van der Waals surface area contributed by atoms with Crippen LogP contribution in [-0.4, -0.2) is 23.3 Å². The van der Waals surface area contributed by atoms with Gasteiger partial charge in [-0.1, -0.05) is 51.9 Å². The zero-order chi connectivity index (χ0) is 15.5. The van der Waals surface area contributed by atoms with E-state index < -0.39 is 0 Å². The molecule has 3 nitrogen and oxygen atoms in total. The van der Waals surface area contributed by atoms with E-state index in [4.69, 9.17) is 5.73 Å². The summed E-state index contributed by atoms with van der Waals surface area (Å²) >= 11 is 0. The maximum Gasteiger partial charge on any atom is 0.116 e. The fourth-order valence-electron chi connectivity index (χ4n) is 2.18. The monoisotopic (exact) mass is 464 g/mol. The Labute approximate surface area is 143 Å². The number of anilines is 1. The number of nitrogens with two attached hydrogens (primary N) is 1. The third-order valence-corrected chi connectivity index (χ3v) is 3.04. The minimum atomic E-state index is -0.0281. The summed E-state index contributed by atoms with van der Waals surface area (Å²) in [5.41, 5.74) is 7.80. The average Bonchev–Trinajstić information content (AvgIpc) is 2.94. The molecule has 1 heterocycles. The summed E-state index contributed by atoms with van der Waals surface area (Å²) in [6, 6.07) is 7.80. The molecule has 0 spiro atoms. The van der Waals surface area contributed by atoms with Crippen LogP contribution in [0.5, 0.6) is 0 Å². The largest absolute Gasteiger partial charge is 0.398 e. The predicted molar refractivity (Wildman–Crippen MR) is 87.3 cm³/mol. The maximum absolute atomic E-state index is 11.4. The Morgan fingerprint density at radius 1 is 1.29 bits per heavy atom. The van der Waals surface area contributed by atoms with Crippen molar-refractivity contribution in [3.05, 3.63) is 36.2 Å². The van der Waals surface area contributed by atoms with Crippen molar-refractivity contribution in [3.8, 4) is 0 Å². The summed E-state index contributed by atoms with van der Waals surface area (Å²) in [7, 11) is 0. The van der Waals surface area contributed by atoms with Gasteiger partial charge in [-0.3, -0.25) is 0 Å². The number of nitrogens with zero attached hydrogens (tertiary/aromatic N) is 1. The first-order valence-corrected chi connectivity index (χ1v) is 7.59. The van der Waals surface area contributed by atoms with E-state index in [1.54, 1.807) is 6.92 Å². The van der Waals surface area contributed by atoms with Gasteiger partial charge in [-0.15, -0.1) is 0 Å². The summed E-state index contributed by atoms with van der Waals surface area (Å²) in [5, 5.41) is 0. The molecule has 21 heavy (non-hydrogen) atoms. The number of rotatable bonds is 3. The molecule has 4 heteroatoms. The minimum absolute atomic E-state index is 0. The van der Waals surface area contributed by atoms with E-state index in [-0.39, 0.29) is 32.2 Å². The molecule has 2 rings (SSSR count). The van der Waals surface area contributed by atoms with Crippen LogP contribution in [0.25, 0.3) is 0 Å². The first kappa shape index (κ1) is 22.6. The van der Waals surface area contributed by atoms with Gasteiger partial charge in [-0.25, -0.2) is 0 Å². The standard InChI is InChI=1S/C13H17N2O.2C2H6.Re/c1-10(16)13-7-4-8-15(13)9-11-5-2-3-6-12(11)14;2*1-2;/h2-3,5-7,13H,4,8-9,14H2,1H3;2*1-2H3;/q-1;;;. The zero-order valence-corrected chi connectivity index (χ0v) is 16.6. The molecule has 1 saturated heterocycles. The van der Waals surface area contributed by atoms with E-state index in [1.165, 1.54) is 0 Å². The van der Waals surface area contributed by atoms with Crippen molar-refractivity contribution < 1.29 is 25.2 Å². The molecule has 0 saturated carbocycles. The molecule has 1 aliphatic heterocycles. The van der Waals surface area contributed by atoms with Crippen LogP contribution in [-0.2, 0) is 31.8 Å². The Morgan fingerprint density at radius 2 is 1.86 bits per heavy atom. The van der Waals surface area contributed by atoms with Crippen molar-refractivity contribution in [2.24, 2.45) is 0 Å². The van der Waals surface area contributed by atoms with Crippen LogP contribution in [0.2, 0.25) is 0 Å². The van der Waals surface area contributed by atoms with E-state index in [0.717, 1.165) is 30.8 Å². The van der Waals surface area contributed by atoms with Gasteiger partial charge in [0.15, 0.2) is 0 Å². The number of hydrogen-bond donors (Lipinski definition) is 1. The smallest absolute Gasteiger partial charge is 0.116 e. The van der Waals surface area contributed by atoms with Crippen LogP contribution in [0.15, 0.2) is 24.3 Å². The van der Waals surface area contributed by atoms with Gasteiger partial charge in [0, 0.05) is 32.7 Å². The van der Waals surface area contributed by atoms with E-state index >= 15 is 0 Å². The normalized spacial score (nSPS) is 16.7. The Bertz CT molecular complexity index is 396. The molecule has 1 atom stereocenters. The SMILES string of the molecule is CC.CC.CC(=O)C1[CH-]CCN1Cc1ccccc1N.[Re]. The second kappa shape index (κ2) is 13.0. The van der Waals surface area contributed by atoms with E-state index in [2.05, 4.69) is 11.3 Å². The number of carbonyl (C=O) groups excluding carboxylic acids is 1. The third kappa shape index (κ3) is 7.22. The number of para-hydroxylation sites is 1. The summed E-state index contributed by atoms with van der Waals surface area (Å²) in [5.74, 6) is 0.215. The van der Waals surface area contributed by atoms with Gasteiger partial charge in [0.2, 0.25) is 0 Å². The van der Waals surface area contributed by atoms with E-state index in [1.807, 2.05) is 52.0 Å². The zero-order valence-electron chi connectivity index (χ0n) is 13.9. The average molecular weight is 464 g/mol. The van der Waals surface area contributed by atoms with Crippen LogP contribution in [0.1, 0.15) is 46.6 Å². The first-order chi connectivity index (χ1) is 9.68. The van der Waals surface area contributed by atoms with E-state index in [0.29, 0.717) is 0 Å². The van der Waals surface area contributed by atoms with Crippen LogP contribution in [0.4, 0.5) is 5.69 Å². The van der Waals surface area contributed by atoms with E-state index in [9.17, 15) is 4.79 Å². The number of benzene rings is 1. The fourth-order valence-corrected chi connectivity index (χ4v) is 2.18. The molecular formula is C17H29N2ORe-. The number of likely N-dealkylation sites (tertiary alicyclic amines) is 1. The Kier molecular flexibility index (Phi) is 14.0. The maximum atomic E-state index is 11.4. The molecule has 0 bridgehead atoms. The molecule has 1 aliphatic rings. The summed E-state index contributed by atoms with van der Waals surface area (Å²) in [4.78, 5) is 13.6. The van der Waals surface area contributed by atoms with Crippen LogP contribution in [0, 0.1) is 6.42 Å². The van der Waals surface area contributed by atoms with Crippen molar-refractivity contribution in [2.75, 3.05) is 12.3 Å². The van der Waals surface area contributed by atoms with Crippen LogP contribution < -0.4 is 5.73 Å². The topological polar surface area (TPSA) is 46.3 Å². The summed E-state index contributed by atoms with van der Waals surface area (Å²) < 4.78 is 0. The summed E-state index contributed by atoms with van der Waals surface area (Å²) in [6.45, 7) is 11.3. The molecule has 1 fully saturated rings. The second-order valence-electron chi connectivity index (χ2n) is 4.25. The molecule has 1 aromatic rings. The molecule has 1 radical (unpaired) electrons. The van der Waals surface area contributed by atoms with Crippen molar-refractivity contribution in [1.82, 2.24) is 4.90 Å². The molecule has 1 aromatic carbocycles. The van der Waals surface area contributed by atoms with Crippen molar-refractivity contribution >= 4 is 11.5 Å². The Hall–Kier alpha value is -0.688. The number of hydrogen-bond acceptors (Lipinski definition) is 3. The molecule has 0 aliphatic carbocycles. The quantitative estimate of drug-likeness (QED) is 0.549. The van der Waals surface area contributed by atoms with Gasteiger partial charge in [-0.05, 0) is 25.1 Å². The van der Waals surface area contributed by atoms with Gasteiger partial charge < -0.3 is 21.8 Å². The fraction of sp³-hybridized carbons (Fsp3) is 0.529. The predicted octanol–water partition coefficient (Wildman–Crippen LogP) is 3.69. The number of Topliss-reactive ketones (excluding diaryl/α,β-unsaturated/α-hetero) is 1. The Morgan fingerprint density at radius 3 is 2.38 bits per heavy atom. The van der Waals surface area contributed by atoms with Crippen molar-refractivity contribution in [2.45, 2.75) is 53.6 Å². The molecule has 0 amide bonds. The molecule has 2 N–H and O–H groups in total. The number of nitrogen functional groups attached to an aromatic ring is 1. The van der Waals surface area contributed by atoms with Gasteiger partial charge in [0.1, 0.15) is 5.78 Å². The second-order valence-corrected chi connectivity index (χ2v) is 4.25. The first-order valence-electron chi connectivity index (χ1n) is 7.59. The third-order valence-electron chi connectivity index (χ3n) is 3.04. The van der Waals surface area contributed by atoms with Crippen molar-refractivity contribution in [1.29, 1.82) is 0 Å². The van der Waals surface area contributed by atoms with Gasteiger partial charge >= 0.3 is 0 Å². The molecule has 1 unspecified atom stereocenters. The molecule has 121 valence electrons. The minimum Gasteiger partial charge on any atom is -0.398 e. The van der Waals surface area contributed by atoms with Gasteiger partial charge in [-0.2, -0.15) is 6.42 Å². The van der Waals surface area contributed by atoms with Gasteiger partial charge in [0.25, 0.3) is 0 Å². The number of ketones is 1. The van der Waals surface area contributed by atoms with Gasteiger partial charge in [0.05, 0.1) is 0 Å². The number of carbonyl (C=O) groups is 1. The van der Waals surface area contributed by atoms with Crippen LogP contribution in [0.3, 0.4) is 0 Å². The Balaban J connectivity index is 0. The molecule has 0 aromatic heterocycles. The van der Waals surface area contributed by atoms with Crippen LogP contribution >= 0.6 is 0 Å². The molecular weight excluding hydrogens is 434 g/mol. The van der Waals surface area contributed by atoms with Crippen molar-refractivity contribution in [3.63, 3.8) is 0 Å². The summed E-state index contributed by atoms with van der Waals surface area (Å²) in [6.07, 6.45) is 3.07.